The summed E-state index contributed by atoms with van der Waals surface area (Å²) in [6, 6.07) is 12.0. The molecule has 0 amide bonds. The molecule has 0 aliphatic rings. The highest BCUT2D eigenvalue weighted by molar-refractivity contribution is 7.92. The van der Waals surface area contributed by atoms with Crippen molar-refractivity contribution in [3.8, 4) is 0 Å². The number of benzene rings is 2. The van der Waals surface area contributed by atoms with Crippen molar-refractivity contribution in [2.45, 2.75) is 25.2 Å². The third-order valence-corrected chi connectivity index (χ3v) is 4.58. The average Bonchev–Trinajstić information content (AvgIpc) is 2.47. The molecule has 0 aliphatic carbocycles. The zero-order chi connectivity index (χ0) is 17.0. The van der Waals surface area contributed by atoms with Crippen LogP contribution in [0.4, 0.5) is 11.4 Å². The summed E-state index contributed by atoms with van der Waals surface area (Å²) in [5.74, 6) is 0.487. The van der Waals surface area contributed by atoms with Crippen molar-refractivity contribution in [2.75, 3.05) is 4.72 Å². The Morgan fingerprint density at radius 3 is 2.35 bits per heavy atom. The lowest BCUT2D eigenvalue weighted by Crippen LogP contribution is -2.13. The molecule has 0 saturated carbocycles. The molecule has 0 fully saturated rings. The second-order valence-corrected chi connectivity index (χ2v) is 7.34. The van der Waals surface area contributed by atoms with E-state index in [-0.39, 0.29) is 16.3 Å². The average molecular weight is 334 g/mol. The third kappa shape index (κ3) is 4.53. The van der Waals surface area contributed by atoms with Gasteiger partial charge in [0.15, 0.2) is 0 Å². The van der Waals surface area contributed by atoms with E-state index >= 15 is 0 Å². The molecule has 0 aromatic heterocycles. The van der Waals surface area contributed by atoms with Gasteiger partial charge < -0.3 is 0 Å². The van der Waals surface area contributed by atoms with Gasteiger partial charge in [0, 0.05) is 12.1 Å². The van der Waals surface area contributed by atoms with Gasteiger partial charge in [0.25, 0.3) is 15.7 Å². The first kappa shape index (κ1) is 17.0. The maximum absolute atomic E-state index is 12.3. The van der Waals surface area contributed by atoms with Crippen molar-refractivity contribution in [2.24, 2.45) is 5.92 Å². The SMILES string of the molecule is CC(C)Cc1ccc(S(=O)(=O)Nc2cccc([N+](=O)[O-])c2)cc1. The van der Waals surface area contributed by atoms with Crippen molar-refractivity contribution >= 4 is 21.4 Å². The van der Waals surface area contributed by atoms with Crippen LogP contribution in [0.2, 0.25) is 0 Å². The van der Waals surface area contributed by atoms with Gasteiger partial charge in [0.1, 0.15) is 0 Å². The van der Waals surface area contributed by atoms with Crippen molar-refractivity contribution < 1.29 is 13.3 Å². The highest BCUT2D eigenvalue weighted by Gasteiger charge is 2.15. The highest BCUT2D eigenvalue weighted by Crippen LogP contribution is 2.21. The van der Waals surface area contributed by atoms with Gasteiger partial charge in [0.05, 0.1) is 15.5 Å². The first-order valence-corrected chi connectivity index (χ1v) is 8.62. The molecular weight excluding hydrogens is 316 g/mol. The zero-order valence-corrected chi connectivity index (χ0v) is 13.7. The summed E-state index contributed by atoms with van der Waals surface area (Å²) in [5, 5.41) is 10.7. The molecule has 2 rings (SSSR count). The molecule has 0 unspecified atom stereocenters. The monoisotopic (exact) mass is 334 g/mol. The van der Waals surface area contributed by atoms with Crippen LogP contribution in [0.15, 0.2) is 53.4 Å². The van der Waals surface area contributed by atoms with Crippen LogP contribution in [0.25, 0.3) is 0 Å². The number of rotatable bonds is 6. The molecule has 7 heteroatoms. The Balaban J connectivity index is 2.21. The van der Waals surface area contributed by atoms with Gasteiger partial charge in [-0.2, -0.15) is 0 Å². The minimum absolute atomic E-state index is 0.122. The maximum Gasteiger partial charge on any atom is 0.271 e. The van der Waals surface area contributed by atoms with Crippen LogP contribution in [0.3, 0.4) is 0 Å². The normalized spacial score (nSPS) is 11.4. The minimum Gasteiger partial charge on any atom is -0.279 e. The van der Waals surface area contributed by atoms with Gasteiger partial charge >= 0.3 is 0 Å². The Hall–Kier alpha value is -2.41. The van der Waals surface area contributed by atoms with Crippen molar-refractivity contribution in [1.29, 1.82) is 0 Å². The molecule has 1 N–H and O–H groups in total. The Morgan fingerprint density at radius 1 is 1.13 bits per heavy atom. The van der Waals surface area contributed by atoms with E-state index in [9.17, 15) is 18.5 Å². The summed E-state index contributed by atoms with van der Waals surface area (Å²) in [6.45, 7) is 4.18. The molecule has 2 aromatic carbocycles. The summed E-state index contributed by atoms with van der Waals surface area (Å²) in [7, 11) is -3.77. The maximum atomic E-state index is 12.3. The first-order chi connectivity index (χ1) is 10.8. The van der Waals surface area contributed by atoms with Gasteiger partial charge in [-0.05, 0) is 36.1 Å². The Bertz CT molecular complexity index is 799. The molecule has 0 saturated heterocycles. The lowest BCUT2D eigenvalue weighted by molar-refractivity contribution is -0.384. The molecule has 23 heavy (non-hydrogen) atoms. The van der Waals surface area contributed by atoms with E-state index in [0.29, 0.717) is 5.92 Å². The summed E-state index contributed by atoms with van der Waals surface area (Å²) in [5.41, 5.74) is 1.05. The summed E-state index contributed by atoms with van der Waals surface area (Å²) < 4.78 is 27.0. The van der Waals surface area contributed by atoms with E-state index < -0.39 is 14.9 Å². The minimum atomic E-state index is -3.77. The van der Waals surface area contributed by atoms with Crippen LogP contribution in [0, 0.1) is 16.0 Å². The molecular formula is C16H18N2O4S. The van der Waals surface area contributed by atoms with Gasteiger partial charge in [-0.15, -0.1) is 0 Å². The molecule has 0 atom stereocenters. The van der Waals surface area contributed by atoms with E-state index in [4.69, 9.17) is 0 Å². The molecule has 0 radical (unpaired) electrons. The predicted molar refractivity (Wildman–Crippen MR) is 88.9 cm³/mol. The predicted octanol–water partition coefficient (Wildman–Crippen LogP) is 3.59. The molecule has 0 heterocycles. The summed E-state index contributed by atoms with van der Waals surface area (Å²) >= 11 is 0. The highest BCUT2D eigenvalue weighted by atomic mass is 32.2. The van der Waals surface area contributed by atoms with E-state index in [0.717, 1.165) is 12.0 Å². The van der Waals surface area contributed by atoms with E-state index in [1.54, 1.807) is 12.1 Å². The van der Waals surface area contributed by atoms with E-state index in [1.807, 2.05) is 0 Å². The second-order valence-electron chi connectivity index (χ2n) is 5.65. The Labute approximate surface area is 135 Å². The van der Waals surface area contributed by atoms with Gasteiger partial charge in [-0.3, -0.25) is 14.8 Å². The molecule has 2 aromatic rings. The fourth-order valence-electron chi connectivity index (χ4n) is 2.17. The molecule has 0 bridgehead atoms. The number of nitro benzene ring substituents is 1. The quantitative estimate of drug-likeness (QED) is 0.645. The van der Waals surface area contributed by atoms with Crippen molar-refractivity contribution in [3.05, 3.63) is 64.2 Å². The number of hydrogen-bond donors (Lipinski definition) is 1. The van der Waals surface area contributed by atoms with Gasteiger partial charge in [-0.25, -0.2) is 8.42 Å². The molecule has 0 aliphatic heterocycles. The largest absolute Gasteiger partial charge is 0.279 e. The molecule has 6 nitrogen and oxygen atoms in total. The number of anilines is 1. The lowest BCUT2D eigenvalue weighted by Gasteiger charge is -2.09. The van der Waals surface area contributed by atoms with E-state index in [2.05, 4.69) is 18.6 Å². The van der Waals surface area contributed by atoms with Crippen LogP contribution in [-0.2, 0) is 16.4 Å². The van der Waals surface area contributed by atoms with E-state index in [1.165, 1.54) is 36.4 Å². The number of nitro groups is 1. The number of hydrogen-bond acceptors (Lipinski definition) is 4. The molecule has 0 spiro atoms. The number of nitrogens with zero attached hydrogens (tertiary/aromatic N) is 1. The van der Waals surface area contributed by atoms with Crippen molar-refractivity contribution in [3.63, 3.8) is 0 Å². The van der Waals surface area contributed by atoms with Crippen LogP contribution in [0.1, 0.15) is 19.4 Å². The first-order valence-electron chi connectivity index (χ1n) is 7.14. The molecule has 122 valence electrons. The zero-order valence-electron chi connectivity index (χ0n) is 12.9. The smallest absolute Gasteiger partial charge is 0.271 e. The summed E-state index contributed by atoms with van der Waals surface area (Å²) in [6.07, 6.45) is 0.874. The van der Waals surface area contributed by atoms with Crippen LogP contribution >= 0.6 is 0 Å². The Morgan fingerprint density at radius 2 is 1.78 bits per heavy atom. The van der Waals surface area contributed by atoms with Crippen molar-refractivity contribution in [1.82, 2.24) is 0 Å². The van der Waals surface area contributed by atoms with Crippen LogP contribution < -0.4 is 4.72 Å². The fraction of sp³-hybridized carbons (Fsp3) is 0.250. The second kappa shape index (κ2) is 6.78. The fourth-order valence-corrected chi connectivity index (χ4v) is 3.22. The standard InChI is InChI=1S/C16H18N2O4S/c1-12(2)10-13-6-8-16(9-7-13)23(21,22)17-14-4-3-5-15(11-14)18(19)20/h3-9,11-12,17H,10H2,1-2H3. The van der Waals surface area contributed by atoms with Gasteiger partial charge in [0.2, 0.25) is 0 Å². The number of sulfonamides is 1. The third-order valence-electron chi connectivity index (χ3n) is 3.19. The number of nitrogens with one attached hydrogen (secondary N) is 1. The van der Waals surface area contributed by atoms with Crippen LogP contribution in [0.5, 0.6) is 0 Å². The number of non-ortho nitro benzene ring substituents is 1. The van der Waals surface area contributed by atoms with Gasteiger partial charge in [-0.1, -0.05) is 32.0 Å². The summed E-state index contributed by atoms with van der Waals surface area (Å²) in [4.78, 5) is 10.3. The topological polar surface area (TPSA) is 89.3 Å². The van der Waals surface area contributed by atoms with Crippen LogP contribution in [-0.4, -0.2) is 13.3 Å². The Kier molecular flexibility index (Phi) is 5.00. The lowest BCUT2D eigenvalue weighted by atomic mass is 10.0.